The van der Waals surface area contributed by atoms with E-state index in [1.54, 1.807) is 0 Å². The lowest BCUT2D eigenvalue weighted by Crippen LogP contribution is -2.49. The Hall–Kier alpha value is -0.650. The molecule has 20 heavy (non-hydrogen) atoms. The third kappa shape index (κ3) is 7.22. The van der Waals surface area contributed by atoms with E-state index in [-0.39, 0.29) is 12.5 Å². The molecule has 0 N–H and O–H groups in total. The lowest BCUT2D eigenvalue weighted by Gasteiger charge is -2.34. The van der Waals surface area contributed by atoms with E-state index in [0.29, 0.717) is 12.7 Å². The molecule has 0 atom stereocenters. The van der Waals surface area contributed by atoms with Crippen molar-refractivity contribution in [2.75, 3.05) is 52.5 Å². The van der Waals surface area contributed by atoms with Crippen LogP contribution >= 0.6 is 0 Å². The molecule has 0 aromatic rings. The fraction of sp³-hybridized carbons (Fsp3) is 0.933. The lowest BCUT2D eigenvalue weighted by molar-refractivity contribution is -0.137. The van der Waals surface area contributed by atoms with Gasteiger partial charge < -0.3 is 14.4 Å². The molecule has 1 heterocycles. The molecular weight excluding hydrogens is 256 g/mol. The molecule has 0 radical (unpaired) electrons. The minimum atomic E-state index is 0.122. The van der Waals surface area contributed by atoms with Crippen LogP contribution in [-0.4, -0.2) is 74.4 Å². The third-order valence-electron chi connectivity index (χ3n) is 3.47. The number of piperazine rings is 1. The van der Waals surface area contributed by atoms with Crippen LogP contribution in [0.1, 0.15) is 33.6 Å². The third-order valence-corrected chi connectivity index (χ3v) is 3.47. The van der Waals surface area contributed by atoms with Gasteiger partial charge in [0.05, 0.1) is 6.10 Å². The second-order valence-corrected chi connectivity index (χ2v) is 5.49. The molecule has 1 saturated heterocycles. The maximum Gasteiger partial charge on any atom is 0.248 e. The average molecular weight is 286 g/mol. The Bertz CT molecular complexity index is 264. The molecule has 5 nitrogen and oxygen atoms in total. The highest BCUT2D eigenvalue weighted by molar-refractivity contribution is 5.77. The standard InChI is InChI=1S/C15H30N2O3/c1-4-19-13-15(18)17-10-8-16(9-11-17)7-5-6-12-20-14(2)3/h14H,4-13H2,1-3H3. The number of hydrogen-bond donors (Lipinski definition) is 0. The van der Waals surface area contributed by atoms with Crippen molar-refractivity contribution >= 4 is 5.91 Å². The minimum Gasteiger partial charge on any atom is -0.379 e. The van der Waals surface area contributed by atoms with Crippen molar-refractivity contribution in [1.29, 1.82) is 0 Å². The van der Waals surface area contributed by atoms with Crippen LogP contribution in [0.3, 0.4) is 0 Å². The number of unbranched alkanes of at least 4 members (excludes halogenated alkanes) is 1. The van der Waals surface area contributed by atoms with Crippen LogP contribution in [0.4, 0.5) is 0 Å². The molecule has 0 aromatic heterocycles. The summed E-state index contributed by atoms with van der Waals surface area (Å²) in [6, 6.07) is 0. The maximum atomic E-state index is 11.8. The summed E-state index contributed by atoms with van der Waals surface area (Å²) in [4.78, 5) is 16.1. The molecule has 1 amide bonds. The number of ether oxygens (including phenoxy) is 2. The van der Waals surface area contributed by atoms with Gasteiger partial charge in [-0.25, -0.2) is 0 Å². The van der Waals surface area contributed by atoms with E-state index in [4.69, 9.17) is 9.47 Å². The average Bonchev–Trinajstić information content (AvgIpc) is 2.44. The SMILES string of the molecule is CCOCC(=O)N1CCN(CCCCOC(C)C)CC1. The molecule has 1 fully saturated rings. The van der Waals surface area contributed by atoms with Gasteiger partial charge >= 0.3 is 0 Å². The molecule has 1 aliphatic rings. The molecule has 0 spiro atoms. The Labute approximate surface area is 123 Å². The molecule has 0 saturated carbocycles. The highest BCUT2D eigenvalue weighted by atomic mass is 16.5. The van der Waals surface area contributed by atoms with E-state index >= 15 is 0 Å². The van der Waals surface area contributed by atoms with Crippen molar-refractivity contribution < 1.29 is 14.3 Å². The smallest absolute Gasteiger partial charge is 0.248 e. The number of hydrogen-bond acceptors (Lipinski definition) is 4. The Morgan fingerprint density at radius 3 is 2.45 bits per heavy atom. The zero-order valence-electron chi connectivity index (χ0n) is 13.3. The van der Waals surface area contributed by atoms with Crippen LogP contribution in [0.5, 0.6) is 0 Å². The van der Waals surface area contributed by atoms with Crippen molar-refractivity contribution in [2.24, 2.45) is 0 Å². The van der Waals surface area contributed by atoms with Gasteiger partial charge in [0, 0.05) is 39.4 Å². The van der Waals surface area contributed by atoms with Gasteiger partial charge in [0.1, 0.15) is 6.61 Å². The van der Waals surface area contributed by atoms with Crippen LogP contribution in [0.15, 0.2) is 0 Å². The highest BCUT2D eigenvalue weighted by Gasteiger charge is 2.20. The van der Waals surface area contributed by atoms with Gasteiger partial charge in [0.2, 0.25) is 5.91 Å². The number of amides is 1. The Balaban J connectivity index is 2.05. The van der Waals surface area contributed by atoms with E-state index in [1.807, 2.05) is 11.8 Å². The fourth-order valence-corrected chi connectivity index (χ4v) is 2.26. The van der Waals surface area contributed by atoms with Gasteiger partial charge in [0.25, 0.3) is 0 Å². The Morgan fingerprint density at radius 2 is 1.85 bits per heavy atom. The second-order valence-electron chi connectivity index (χ2n) is 5.49. The molecule has 0 aliphatic carbocycles. The normalized spacial score (nSPS) is 16.9. The molecule has 0 unspecified atom stereocenters. The topological polar surface area (TPSA) is 42.0 Å². The highest BCUT2D eigenvalue weighted by Crippen LogP contribution is 2.05. The zero-order valence-corrected chi connectivity index (χ0v) is 13.3. The quantitative estimate of drug-likeness (QED) is 0.600. The first-order chi connectivity index (χ1) is 9.63. The first-order valence-corrected chi connectivity index (χ1v) is 7.83. The van der Waals surface area contributed by atoms with Gasteiger partial charge in [-0.2, -0.15) is 0 Å². The second kappa shape index (κ2) is 10.1. The van der Waals surface area contributed by atoms with Crippen LogP contribution < -0.4 is 0 Å². The summed E-state index contributed by atoms with van der Waals surface area (Å²) in [5.74, 6) is 0.122. The summed E-state index contributed by atoms with van der Waals surface area (Å²) in [7, 11) is 0. The first kappa shape index (κ1) is 17.4. The van der Waals surface area contributed by atoms with Crippen molar-refractivity contribution in [3.63, 3.8) is 0 Å². The van der Waals surface area contributed by atoms with Crippen LogP contribution in [-0.2, 0) is 14.3 Å². The summed E-state index contributed by atoms with van der Waals surface area (Å²) < 4.78 is 10.7. The maximum absolute atomic E-state index is 11.8. The van der Waals surface area contributed by atoms with Gasteiger partial charge in [-0.3, -0.25) is 9.69 Å². The number of carbonyl (C=O) groups excluding carboxylic acids is 1. The van der Waals surface area contributed by atoms with E-state index in [0.717, 1.165) is 45.8 Å². The lowest BCUT2D eigenvalue weighted by atomic mass is 10.2. The number of rotatable bonds is 9. The summed E-state index contributed by atoms with van der Waals surface area (Å²) in [6.45, 7) is 12.4. The van der Waals surface area contributed by atoms with E-state index in [2.05, 4.69) is 18.7 Å². The molecule has 5 heteroatoms. The number of nitrogens with zero attached hydrogens (tertiary/aromatic N) is 2. The van der Waals surface area contributed by atoms with Gasteiger partial charge in [-0.15, -0.1) is 0 Å². The molecule has 1 rings (SSSR count). The fourth-order valence-electron chi connectivity index (χ4n) is 2.26. The summed E-state index contributed by atoms with van der Waals surface area (Å²) in [5.41, 5.74) is 0. The predicted octanol–water partition coefficient (Wildman–Crippen LogP) is 1.37. The zero-order chi connectivity index (χ0) is 14.8. The van der Waals surface area contributed by atoms with Crippen molar-refractivity contribution in [1.82, 2.24) is 9.80 Å². The summed E-state index contributed by atoms with van der Waals surface area (Å²) >= 11 is 0. The van der Waals surface area contributed by atoms with Crippen LogP contribution in [0.25, 0.3) is 0 Å². The van der Waals surface area contributed by atoms with Crippen LogP contribution in [0.2, 0.25) is 0 Å². The molecular formula is C15H30N2O3. The number of carbonyl (C=O) groups is 1. The summed E-state index contributed by atoms with van der Waals surface area (Å²) in [5, 5.41) is 0. The predicted molar refractivity (Wildman–Crippen MR) is 79.8 cm³/mol. The van der Waals surface area contributed by atoms with Gasteiger partial charge in [0.15, 0.2) is 0 Å². The molecule has 1 aliphatic heterocycles. The van der Waals surface area contributed by atoms with Crippen LogP contribution in [0, 0.1) is 0 Å². The van der Waals surface area contributed by atoms with Crippen molar-refractivity contribution in [3.8, 4) is 0 Å². The van der Waals surface area contributed by atoms with E-state index < -0.39 is 0 Å². The minimum absolute atomic E-state index is 0.122. The molecule has 0 bridgehead atoms. The van der Waals surface area contributed by atoms with Crippen molar-refractivity contribution in [3.05, 3.63) is 0 Å². The van der Waals surface area contributed by atoms with Gasteiger partial charge in [-0.05, 0) is 40.2 Å². The monoisotopic (exact) mass is 286 g/mol. The molecule has 0 aromatic carbocycles. The Kier molecular flexibility index (Phi) is 8.82. The summed E-state index contributed by atoms with van der Waals surface area (Å²) in [6.07, 6.45) is 2.61. The van der Waals surface area contributed by atoms with E-state index in [1.165, 1.54) is 6.42 Å². The first-order valence-electron chi connectivity index (χ1n) is 7.83. The Morgan fingerprint density at radius 1 is 1.15 bits per heavy atom. The molecule has 118 valence electrons. The van der Waals surface area contributed by atoms with E-state index in [9.17, 15) is 4.79 Å². The van der Waals surface area contributed by atoms with Crippen molar-refractivity contribution in [2.45, 2.75) is 39.7 Å². The van der Waals surface area contributed by atoms with Gasteiger partial charge in [-0.1, -0.05) is 0 Å². The largest absolute Gasteiger partial charge is 0.379 e.